The average molecular weight is 343 g/mol. The van der Waals surface area contributed by atoms with E-state index < -0.39 is 0 Å². The lowest BCUT2D eigenvalue weighted by atomic mass is 10.1. The molecule has 0 spiro atoms. The van der Waals surface area contributed by atoms with E-state index in [1.165, 1.54) is 11.3 Å². The predicted octanol–water partition coefficient (Wildman–Crippen LogP) is 5.33. The van der Waals surface area contributed by atoms with Gasteiger partial charge in [-0.15, -0.1) is 11.3 Å². The van der Waals surface area contributed by atoms with E-state index in [0.29, 0.717) is 15.7 Å². The van der Waals surface area contributed by atoms with Crippen molar-refractivity contribution in [2.45, 2.75) is 13.8 Å². The molecule has 23 heavy (non-hydrogen) atoms. The Morgan fingerprint density at radius 3 is 2.61 bits per heavy atom. The topological polar surface area (TPSA) is 42.0 Å². The van der Waals surface area contributed by atoms with Gasteiger partial charge in [-0.25, -0.2) is 4.98 Å². The Labute approximate surface area is 144 Å². The van der Waals surface area contributed by atoms with Crippen LogP contribution in [0.2, 0.25) is 5.02 Å². The molecule has 3 aromatic rings. The molecular formula is C18H15ClN2OS. The zero-order chi connectivity index (χ0) is 16.4. The van der Waals surface area contributed by atoms with Gasteiger partial charge in [0.15, 0.2) is 5.13 Å². The Hall–Kier alpha value is -2.17. The van der Waals surface area contributed by atoms with Crippen LogP contribution in [0.1, 0.15) is 21.5 Å². The van der Waals surface area contributed by atoms with Crippen molar-refractivity contribution in [3.8, 4) is 11.3 Å². The van der Waals surface area contributed by atoms with Gasteiger partial charge < -0.3 is 0 Å². The number of thiazole rings is 1. The number of amides is 1. The fraction of sp³-hybridized carbons (Fsp3) is 0.111. The molecule has 5 heteroatoms. The molecule has 1 heterocycles. The number of aromatic nitrogens is 1. The third-order valence-corrected chi connectivity index (χ3v) is 4.51. The van der Waals surface area contributed by atoms with Crippen molar-refractivity contribution < 1.29 is 4.79 Å². The number of carbonyl (C=O) groups is 1. The maximum Gasteiger partial charge on any atom is 0.257 e. The molecule has 0 saturated heterocycles. The minimum atomic E-state index is -0.136. The number of hydrogen-bond acceptors (Lipinski definition) is 3. The van der Waals surface area contributed by atoms with Gasteiger partial charge in [-0.3, -0.25) is 10.1 Å². The summed E-state index contributed by atoms with van der Waals surface area (Å²) in [6, 6.07) is 13.3. The van der Waals surface area contributed by atoms with E-state index in [1.807, 2.05) is 61.7 Å². The van der Waals surface area contributed by atoms with E-state index in [1.54, 1.807) is 0 Å². The molecule has 116 valence electrons. The highest BCUT2D eigenvalue weighted by Crippen LogP contribution is 2.26. The lowest BCUT2D eigenvalue weighted by molar-refractivity contribution is 0.102. The zero-order valence-electron chi connectivity index (χ0n) is 12.8. The molecule has 0 saturated carbocycles. The number of carbonyl (C=O) groups excluding carboxylic acids is 1. The smallest absolute Gasteiger partial charge is 0.257 e. The second-order valence-corrected chi connectivity index (χ2v) is 6.61. The molecule has 0 bridgehead atoms. The number of benzene rings is 2. The molecule has 0 aliphatic carbocycles. The van der Waals surface area contributed by atoms with Crippen LogP contribution in [0.25, 0.3) is 11.3 Å². The number of halogens is 1. The van der Waals surface area contributed by atoms with Crippen LogP contribution in [0.5, 0.6) is 0 Å². The number of hydrogen-bond donors (Lipinski definition) is 1. The molecule has 3 rings (SSSR count). The molecule has 2 aromatic carbocycles. The van der Waals surface area contributed by atoms with E-state index in [9.17, 15) is 4.79 Å². The summed E-state index contributed by atoms with van der Waals surface area (Å²) in [5.41, 5.74) is 4.47. The fourth-order valence-corrected chi connectivity index (χ4v) is 3.07. The standard InChI is InChI=1S/C18H15ClN2OS/c1-11-3-4-12(2)15(9-11)17(22)21-18-20-16(10-23-18)13-5-7-14(19)8-6-13/h3-10H,1-2H3,(H,20,21,22). The molecule has 0 atom stereocenters. The van der Waals surface area contributed by atoms with Gasteiger partial charge in [0, 0.05) is 21.5 Å². The third kappa shape index (κ3) is 3.60. The normalized spacial score (nSPS) is 10.6. The number of nitrogens with zero attached hydrogens (tertiary/aromatic N) is 1. The summed E-state index contributed by atoms with van der Waals surface area (Å²) in [6.45, 7) is 3.90. The SMILES string of the molecule is Cc1ccc(C)c(C(=O)Nc2nc(-c3ccc(Cl)cc3)cs2)c1. The Morgan fingerprint density at radius 2 is 1.87 bits per heavy atom. The van der Waals surface area contributed by atoms with E-state index in [4.69, 9.17) is 11.6 Å². The van der Waals surface area contributed by atoms with E-state index >= 15 is 0 Å². The largest absolute Gasteiger partial charge is 0.298 e. The van der Waals surface area contributed by atoms with Crippen molar-refractivity contribution in [1.29, 1.82) is 0 Å². The summed E-state index contributed by atoms with van der Waals surface area (Å²) in [5.74, 6) is -0.136. The molecule has 1 N–H and O–H groups in total. The molecule has 0 unspecified atom stereocenters. The highest BCUT2D eigenvalue weighted by atomic mass is 35.5. The second-order valence-electron chi connectivity index (χ2n) is 5.32. The first-order valence-electron chi connectivity index (χ1n) is 7.13. The Balaban J connectivity index is 1.80. The van der Waals surface area contributed by atoms with Crippen LogP contribution in [0.4, 0.5) is 5.13 Å². The Bertz CT molecular complexity index is 856. The molecule has 1 amide bonds. The first kappa shape index (κ1) is 15.7. The van der Waals surface area contributed by atoms with Crippen LogP contribution in [0.3, 0.4) is 0 Å². The van der Waals surface area contributed by atoms with Crippen molar-refractivity contribution in [2.24, 2.45) is 0 Å². The summed E-state index contributed by atoms with van der Waals surface area (Å²) in [5, 5.41) is 6.06. The van der Waals surface area contributed by atoms with Crippen molar-refractivity contribution in [3.05, 3.63) is 69.6 Å². The average Bonchev–Trinajstić information content (AvgIpc) is 2.99. The summed E-state index contributed by atoms with van der Waals surface area (Å²) in [4.78, 5) is 16.9. The van der Waals surface area contributed by atoms with Crippen LogP contribution < -0.4 is 5.32 Å². The quantitative estimate of drug-likeness (QED) is 0.698. The van der Waals surface area contributed by atoms with Gasteiger partial charge in [0.05, 0.1) is 5.69 Å². The van der Waals surface area contributed by atoms with Gasteiger partial charge >= 0.3 is 0 Å². The monoisotopic (exact) mass is 342 g/mol. The van der Waals surface area contributed by atoms with Gasteiger partial charge in [-0.2, -0.15) is 0 Å². The van der Waals surface area contributed by atoms with Gasteiger partial charge in [0.25, 0.3) is 5.91 Å². The highest BCUT2D eigenvalue weighted by molar-refractivity contribution is 7.14. The molecule has 3 nitrogen and oxygen atoms in total. The van der Waals surface area contributed by atoms with Gasteiger partial charge in [0.1, 0.15) is 0 Å². The van der Waals surface area contributed by atoms with Crippen molar-refractivity contribution in [3.63, 3.8) is 0 Å². The van der Waals surface area contributed by atoms with E-state index in [0.717, 1.165) is 22.4 Å². The molecular weight excluding hydrogens is 328 g/mol. The van der Waals surface area contributed by atoms with Gasteiger partial charge in [-0.05, 0) is 37.6 Å². The molecule has 1 aromatic heterocycles. The van der Waals surface area contributed by atoms with Crippen molar-refractivity contribution in [1.82, 2.24) is 4.98 Å². The lowest BCUT2D eigenvalue weighted by Crippen LogP contribution is -2.13. The maximum absolute atomic E-state index is 12.4. The lowest BCUT2D eigenvalue weighted by Gasteiger charge is -2.06. The molecule has 0 aliphatic rings. The summed E-state index contributed by atoms with van der Waals surface area (Å²) < 4.78 is 0. The zero-order valence-corrected chi connectivity index (χ0v) is 14.3. The van der Waals surface area contributed by atoms with Crippen LogP contribution in [0, 0.1) is 13.8 Å². The van der Waals surface area contributed by atoms with Crippen LogP contribution >= 0.6 is 22.9 Å². The van der Waals surface area contributed by atoms with Crippen molar-refractivity contribution in [2.75, 3.05) is 5.32 Å². The fourth-order valence-electron chi connectivity index (χ4n) is 2.23. The molecule has 0 aliphatic heterocycles. The minimum Gasteiger partial charge on any atom is -0.298 e. The van der Waals surface area contributed by atoms with Gasteiger partial charge in [-0.1, -0.05) is 41.4 Å². The number of anilines is 1. The van der Waals surface area contributed by atoms with Crippen LogP contribution in [-0.2, 0) is 0 Å². The van der Waals surface area contributed by atoms with Gasteiger partial charge in [0.2, 0.25) is 0 Å². The number of nitrogens with one attached hydrogen (secondary N) is 1. The van der Waals surface area contributed by atoms with Crippen LogP contribution in [0.15, 0.2) is 47.8 Å². The first-order chi connectivity index (χ1) is 11.0. The first-order valence-corrected chi connectivity index (χ1v) is 8.39. The third-order valence-electron chi connectivity index (χ3n) is 3.50. The summed E-state index contributed by atoms with van der Waals surface area (Å²) >= 11 is 7.30. The van der Waals surface area contributed by atoms with E-state index in [-0.39, 0.29) is 5.91 Å². The molecule has 0 fully saturated rings. The van der Waals surface area contributed by atoms with E-state index in [2.05, 4.69) is 10.3 Å². The Morgan fingerprint density at radius 1 is 1.13 bits per heavy atom. The predicted molar refractivity (Wildman–Crippen MR) is 96.4 cm³/mol. The molecule has 0 radical (unpaired) electrons. The number of aryl methyl sites for hydroxylation is 2. The van der Waals surface area contributed by atoms with Crippen LogP contribution in [-0.4, -0.2) is 10.9 Å². The Kier molecular flexibility index (Phi) is 4.46. The summed E-state index contributed by atoms with van der Waals surface area (Å²) in [6.07, 6.45) is 0. The summed E-state index contributed by atoms with van der Waals surface area (Å²) in [7, 11) is 0. The van der Waals surface area contributed by atoms with Crippen molar-refractivity contribution >= 4 is 34.0 Å². The highest BCUT2D eigenvalue weighted by Gasteiger charge is 2.12. The maximum atomic E-state index is 12.4. The second kappa shape index (κ2) is 6.52. The number of rotatable bonds is 3. The minimum absolute atomic E-state index is 0.136.